The summed E-state index contributed by atoms with van der Waals surface area (Å²) < 4.78 is 32.0. The molecule has 162 valence electrons. The Bertz CT molecular complexity index is 889. The van der Waals surface area contributed by atoms with Crippen molar-refractivity contribution in [2.24, 2.45) is 0 Å². The molecule has 0 fully saturated rings. The fourth-order valence-corrected chi connectivity index (χ4v) is 3.83. The number of rotatable bonds is 10. The van der Waals surface area contributed by atoms with E-state index >= 15 is 0 Å². The van der Waals surface area contributed by atoms with Gasteiger partial charge in [0.1, 0.15) is 11.8 Å². The number of hydrogen-bond acceptors (Lipinski definition) is 7. The van der Waals surface area contributed by atoms with Gasteiger partial charge >= 0.3 is 13.6 Å². The van der Waals surface area contributed by atoms with E-state index in [-0.39, 0.29) is 12.6 Å². The Hall–Kier alpha value is -2.67. The normalized spacial score (nSPS) is 12.1. The molecule has 0 aliphatic rings. The molecule has 0 bridgehead atoms. The summed E-state index contributed by atoms with van der Waals surface area (Å²) in [6.07, 6.45) is 0.357. The van der Waals surface area contributed by atoms with Crippen LogP contribution in [0.25, 0.3) is 0 Å². The van der Waals surface area contributed by atoms with Crippen LogP contribution in [-0.4, -0.2) is 46.4 Å². The number of benzene rings is 2. The molecule has 30 heavy (non-hydrogen) atoms. The number of methoxy groups -OCH3 is 2. The van der Waals surface area contributed by atoms with Gasteiger partial charge in [-0.15, -0.1) is 0 Å². The lowest BCUT2D eigenvalue weighted by Crippen LogP contribution is -2.43. The van der Waals surface area contributed by atoms with Crippen molar-refractivity contribution in [1.29, 1.82) is 0 Å². The van der Waals surface area contributed by atoms with Gasteiger partial charge in [-0.05, 0) is 35.4 Å². The lowest BCUT2D eigenvalue weighted by molar-refractivity contribution is -0.142. The predicted octanol–water partition coefficient (Wildman–Crippen LogP) is 3.20. The van der Waals surface area contributed by atoms with Crippen molar-refractivity contribution in [3.63, 3.8) is 0 Å². The number of ether oxygens (including phenoxy) is 2. The van der Waals surface area contributed by atoms with Gasteiger partial charge in [-0.25, -0.2) is 4.79 Å². The van der Waals surface area contributed by atoms with Crippen molar-refractivity contribution in [1.82, 2.24) is 5.32 Å². The summed E-state index contributed by atoms with van der Waals surface area (Å²) in [4.78, 5) is 24.8. The average molecular weight is 435 g/mol. The van der Waals surface area contributed by atoms with Crippen LogP contribution in [-0.2, 0) is 35.7 Å². The van der Waals surface area contributed by atoms with E-state index in [1.165, 1.54) is 21.3 Å². The van der Waals surface area contributed by atoms with Crippen LogP contribution in [0.2, 0.25) is 0 Å². The molecule has 1 amide bonds. The number of amides is 1. The minimum Gasteiger partial charge on any atom is -0.497 e. The van der Waals surface area contributed by atoms with E-state index in [9.17, 15) is 14.2 Å². The second-order valence-electron chi connectivity index (χ2n) is 6.43. The Morgan fingerprint density at radius 1 is 0.900 bits per heavy atom. The van der Waals surface area contributed by atoms with Crippen molar-refractivity contribution < 1.29 is 32.7 Å². The van der Waals surface area contributed by atoms with Crippen LogP contribution in [0, 0.1) is 0 Å². The molecule has 1 atom stereocenters. The fourth-order valence-electron chi connectivity index (χ4n) is 2.76. The minimum atomic E-state index is -3.20. The van der Waals surface area contributed by atoms with Crippen LogP contribution in [0.3, 0.4) is 0 Å². The quantitative estimate of drug-likeness (QED) is 0.452. The van der Waals surface area contributed by atoms with Gasteiger partial charge in [0.05, 0.1) is 20.4 Å². The summed E-state index contributed by atoms with van der Waals surface area (Å²) >= 11 is 0. The smallest absolute Gasteiger partial charge is 0.334 e. The van der Waals surface area contributed by atoms with Crippen molar-refractivity contribution in [2.45, 2.75) is 18.6 Å². The largest absolute Gasteiger partial charge is 0.497 e. The molecule has 0 unspecified atom stereocenters. The number of carbonyl (C=O) groups excluding carboxylic acids is 2. The Morgan fingerprint density at radius 3 is 1.97 bits per heavy atom. The summed E-state index contributed by atoms with van der Waals surface area (Å²) in [6.45, 7) is 0. The molecule has 1 N–H and O–H groups in total. The maximum atomic E-state index is 12.6. The zero-order chi connectivity index (χ0) is 22.1. The molecule has 0 spiro atoms. The highest BCUT2D eigenvalue weighted by Gasteiger charge is 2.24. The third-order valence-corrected chi connectivity index (χ3v) is 6.40. The first-order valence-electron chi connectivity index (χ1n) is 9.15. The Kier molecular flexibility index (Phi) is 8.59. The van der Waals surface area contributed by atoms with E-state index in [2.05, 4.69) is 5.32 Å². The second-order valence-corrected chi connectivity index (χ2v) is 8.70. The Morgan fingerprint density at radius 2 is 1.47 bits per heavy atom. The molecule has 2 rings (SSSR count). The fraction of sp³-hybridized carbons (Fsp3) is 0.333. The predicted molar refractivity (Wildman–Crippen MR) is 112 cm³/mol. The van der Waals surface area contributed by atoms with Crippen LogP contribution in [0.15, 0.2) is 48.5 Å². The average Bonchev–Trinajstić information content (AvgIpc) is 2.78. The molecule has 0 heterocycles. The lowest BCUT2D eigenvalue weighted by Gasteiger charge is -2.17. The molecule has 0 saturated carbocycles. The first-order chi connectivity index (χ1) is 14.3. The molecule has 0 aliphatic heterocycles. The molecule has 0 aromatic heterocycles. The molecule has 2 aromatic rings. The van der Waals surface area contributed by atoms with Gasteiger partial charge < -0.3 is 23.8 Å². The zero-order valence-electron chi connectivity index (χ0n) is 17.4. The van der Waals surface area contributed by atoms with Crippen LogP contribution >= 0.6 is 7.60 Å². The van der Waals surface area contributed by atoms with Crippen LogP contribution < -0.4 is 10.1 Å². The summed E-state index contributed by atoms with van der Waals surface area (Å²) in [5, 5.41) is 2.70. The van der Waals surface area contributed by atoms with Crippen molar-refractivity contribution in [3.05, 3.63) is 65.2 Å². The number of esters is 1. The van der Waals surface area contributed by atoms with E-state index < -0.39 is 25.5 Å². The van der Waals surface area contributed by atoms with E-state index in [1.54, 1.807) is 43.5 Å². The summed E-state index contributed by atoms with van der Waals surface area (Å²) in [6, 6.07) is 12.8. The van der Waals surface area contributed by atoms with E-state index in [1.807, 2.05) is 12.1 Å². The standard InChI is InChI=1S/C21H26NO7P/c1-26-18-11-7-15(8-12-18)13-19(21(24)27-2)22-20(23)17-9-5-16(6-10-17)14-30(25,28-3)29-4/h5-12,19H,13-14H2,1-4H3,(H,22,23)/t19-/m0/s1. The van der Waals surface area contributed by atoms with Crippen molar-refractivity contribution in [3.8, 4) is 5.75 Å². The Balaban J connectivity index is 2.09. The summed E-state index contributed by atoms with van der Waals surface area (Å²) in [7, 11) is 2.29. The van der Waals surface area contributed by atoms with E-state index in [0.29, 0.717) is 16.9 Å². The molecule has 9 heteroatoms. The van der Waals surface area contributed by atoms with Gasteiger partial charge in [0.25, 0.3) is 5.91 Å². The highest BCUT2D eigenvalue weighted by molar-refractivity contribution is 7.52. The molecular weight excluding hydrogens is 409 g/mol. The number of nitrogens with one attached hydrogen (secondary N) is 1. The van der Waals surface area contributed by atoms with E-state index in [4.69, 9.17) is 18.5 Å². The third-order valence-electron chi connectivity index (χ3n) is 4.54. The molecule has 2 aromatic carbocycles. The van der Waals surface area contributed by atoms with Crippen molar-refractivity contribution in [2.75, 3.05) is 28.4 Å². The van der Waals surface area contributed by atoms with Gasteiger partial charge in [0.15, 0.2) is 0 Å². The highest BCUT2D eigenvalue weighted by Crippen LogP contribution is 2.49. The molecule has 0 radical (unpaired) electrons. The van der Waals surface area contributed by atoms with Gasteiger partial charge in [-0.2, -0.15) is 0 Å². The maximum Gasteiger partial charge on any atom is 0.334 e. The first kappa shape index (κ1) is 23.6. The van der Waals surface area contributed by atoms with Gasteiger partial charge in [-0.1, -0.05) is 24.3 Å². The zero-order valence-corrected chi connectivity index (χ0v) is 18.3. The SMILES string of the molecule is COC(=O)[C@H](Cc1ccc(OC)cc1)NC(=O)c1ccc(CP(=O)(OC)OC)cc1. The highest BCUT2D eigenvalue weighted by atomic mass is 31.2. The Labute approximate surface area is 176 Å². The monoisotopic (exact) mass is 435 g/mol. The molecule has 0 aliphatic carbocycles. The summed E-state index contributed by atoms with van der Waals surface area (Å²) in [5.41, 5.74) is 1.89. The third kappa shape index (κ3) is 6.42. The molecule has 8 nitrogen and oxygen atoms in total. The summed E-state index contributed by atoms with van der Waals surface area (Å²) in [5.74, 6) is -0.270. The van der Waals surface area contributed by atoms with Crippen molar-refractivity contribution >= 4 is 19.5 Å². The first-order valence-corrected chi connectivity index (χ1v) is 10.9. The minimum absolute atomic E-state index is 0.0875. The second kappa shape index (κ2) is 10.9. The topological polar surface area (TPSA) is 100 Å². The van der Waals surface area contributed by atoms with Crippen LogP contribution in [0.4, 0.5) is 0 Å². The van der Waals surface area contributed by atoms with E-state index in [0.717, 1.165) is 5.56 Å². The maximum absolute atomic E-state index is 12.6. The van der Waals surface area contributed by atoms with Crippen LogP contribution in [0.5, 0.6) is 5.75 Å². The van der Waals surface area contributed by atoms with Gasteiger partial charge in [0.2, 0.25) is 0 Å². The van der Waals surface area contributed by atoms with Gasteiger partial charge in [0, 0.05) is 26.2 Å². The van der Waals surface area contributed by atoms with Gasteiger partial charge in [-0.3, -0.25) is 9.36 Å². The number of carbonyl (C=O) groups is 2. The molecule has 0 saturated heterocycles. The molecular formula is C21H26NO7P. The lowest BCUT2D eigenvalue weighted by atomic mass is 10.0. The number of hydrogen-bond donors (Lipinski definition) is 1. The van der Waals surface area contributed by atoms with Crippen LogP contribution in [0.1, 0.15) is 21.5 Å².